The normalized spacial score (nSPS) is 10.7. The molecule has 0 atom stereocenters. The zero-order valence-electron chi connectivity index (χ0n) is 10.7. The van der Waals surface area contributed by atoms with Crippen molar-refractivity contribution < 1.29 is 14.7 Å². The summed E-state index contributed by atoms with van der Waals surface area (Å²) >= 11 is 0. The van der Waals surface area contributed by atoms with Gasteiger partial charge in [-0.25, -0.2) is 14.8 Å². The van der Waals surface area contributed by atoms with E-state index in [9.17, 15) is 14.7 Å². The van der Waals surface area contributed by atoms with Crippen molar-refractivity contribution in [1.29, 1.82) is 0 Å². The van der Waals surface area contributed by atoms with Crippen LogP contribution in [0.1, 0.15) is 20.7 Å². The highest BCUT2D eigenvalue weighted by atomic mass is 16.4. The lowest BCUT2D eigenvalue weighted by Crippen LogP contribution is -2.10. The number of H-pyrrole nitrogens is 1. The molecule has 21 heavy (non-hydrogen) atoms. The minimum atomic E-state index is -1.06. The number of aromatic amines is 1. The SMILES string of the molecule is NC(=O)c1ccc(-c2ncnc3[nH]cc(C(=O)O)c23)cc1. The van der Waals surface area contributed by atoms with Gasteiger partial charge in [0, 0.05) is 17.3 Å². The van der Waals surface area contributed by atoms with Gasteiger partial charge >= 0.3 is 5.97 Å². The lowest BCUT2D eigenvalue weighted by molar-refractivity contribution is 0.0699. The first-order chi connectivity index (χ1) is 10.1. The van der Waals surface area contributed by atoms with Crippen LogP contribution in [0.25, 0.3) is 22.3 Å². The maximum atomic E-state index is 11.3. The number of nitrogens with two attached hydrogens (primary N) is 1. The number of primary amides is 1. The molecule has 0 aliphatic heterocycles. The van der Waals surface area contributed by atoms with E-state index in [1.807, 2.05) is 0 Å². The van der Waals surface area contributed by atoms with E-state index in [0.29, 0.717) is 27.9 Å². The molecule has 4 N–H and O–H groups in total. The van der Waals surface area contributed by atoms with E-state index in [4.69, 9.17) is 5.73 Å². The fourth-order valence-corrected chi connectivity index (χ4v) is 2.14. The van der Waals surface area contributed by atoms with E-state index < -0.39 is 11.9 Å². The monoisotopic (exact) mass is 282 g/mol. The van der Waals surface area contributed by atoms with Crippen LogP contribution in [0, 0.1) is 0 Å². The Bertz CT molecular complexity index is 852. The molecule has 7 heteroatoms. The Kier molecular flexibility index (Phi) is 2.87. The predicted octanol–water partition coefficient (Wildman–Crippen LogP) is 1.42. The summed E-state index contributed by atoms with van der Waals surface area (Å²) in [5.74, 6) is -1.59. The minimum absolute atomic E-state index is 0.0968. The van der Waals surface area contributed by atoms with E-state index >= 15 is 0 Å². The number of carboxylic acid groups (broad SMARTS) is 1. The molecule has 3 rings (SSSR count). The average Bonchev–Trinajstić information content (AvgIpc) is 2.91. The zero-order valence-corrected chi connectivity index (χ0v) is 10.7. The maximum Gasteiger partial charge on any atom is 0.338 e. The summed E-state index contributed by atoms with van der Waals surface area (Å²) in [6.45, 7) is 0. The molecule has 0 saturated heterocycles. The smallest absolute Gasteiger partial charge is 0.338 e. The van der Waals surface area contributed by atoms with Crippen molar-refractivity contribution in [3.63, 3.8) is 0 Å². The number of aromatic carboxylic acids is 1. The van der Waals surface area contributed by atoms with Crippen molar-refractivity contribution in [1.82, 2.24) is 15.0 Å². The van der Waals surface area contributed by atoms with Crippen LogP contribution < -0.4 is 5.73 Å². The summed E-state index contributed by atoms with van der Waals surface area (Å²) in [5, 5.41) is 9.65. The van der Waals surface area contributed by atoms with Gasteiger partial charge < -0.3 is 15.8 Å². The molecular formula is C14H10N4O3. The molecule has 0 aliphatic carbocycles. The van der Waals surface area contributed by atoms with Gasteiger partial charge in [0.15, 0.2) is 0 Å². The molecule has 1 aromatic carbocycles. The number of rotatable bonds is 3. The molecule has 7 nitrogen and oxygen atoms in total. The quantitative estimate of drug-likeness (QED) is 0.670. The molecular weight excluding hydrogens is 272 g/mol. The van der Waals surface area contributed by atoms with Gasteiger partial charge in [0.1, 0.15) is 12.0 Å². The molecule has 3 aromatic rings. The highest BCUT2D eigenvalue weighted by molar-refractivity contribution is 6.07. The third kappa shape index (κ3) is 2.10. The van der Waals surface area contributed by atoms with Gasteiger partial charge in [0.05, 0.1) is 16.6 Å². The standard InChI is InChI=1S/C14H10N4O3/c15-12(19)8-3-1-7(2-4-8)11-10-9(14(20)21)5-16-13(10)18-6-17-11/h1-6H,(H2,15,19)(H,20,21)(H,16,17,18). The van der Waals surface area contributed by atoms with E-state index in [1.54, 1.807) is 24.3 Å². The Morgan fingerprint density at radius 2 is 1.86 bits per heavy atom. The molecule has 2 aromatic heterocycles. The maximum absolute atomic E-state index is 11.3. The summed E-state index contributed by atoms with van der Waals surface area (Å²) in [6.07, 6.45) is 2.73. The summed E-state index contributed by atoms with van der Waals surface area (Å²) in [6, 6.07) is 6.47. The van der Waals surface area contributed by atoms with E-state index in [-0.39, 0.29) is 5.56 Å². The Morgan fingerprint density at radius 3 is 2.48 bits per heavy atom. The second-order valence-corrected chi connectivity index (χ2v) is 4.39. The van der Waals surface area contributed by atoms with Crippen LogP contribution in [-0.4, -0.2) is 31.9 Å². The van der Waals surface area contributed by atoms with Gasteiger partial charge in [-0.05, 0) is 12.1 Å². The first kappa shape index (κ1) is 12.8. The Hall–Kier alpha value is -3.22. The Labute approximate surface area is 118 Å². The lowest BCUT2D eigenvalue weighted by Gasteiger charge is -2.04. The zero-order chi connectivity index (χ0) is 15.0. The van der Waals surface area contributed by atoms with Crippen molar-refractivity contribution >= 4 is 22.9 Å². The second kappa shape index (κ2) is 4.71. The van der Waals surface area contributed by atoms with Crippen molar-refractivity contribution in [3.8, 4) is 11.3 Å². The topological polar surface area (TPSA) is 122 Å². The van der Waals surface area contributed by atoms with E-state index in [1.165, 1.54) is 12.5 Å². The third-order valence-corrected chi connectivity index (χ3v) is 3.14. The van der Waals surface area contributed by atoms with Crippen molar-refractivity contribution in [3.05, 3.63) is 47.9 Å². The lowest BCUT2D eigenvalue weighted by atomic mass is 10.0. The summed E-state index contributed by atoms with van der Waals surface area (Å²) in [5.41, 5.74) is 7.26. The van der Waals surface area contributed by atoms with Crippen LogP contribution >= 0.6 is 0 Å². The fourth-order valence-electron chi connectivity index (χ4n) is 2.14. The summed E-state index contributed by atoms with van der Waals surface area (Å²) < 4.78 is 0. The van der Waals surface area contributed by atoms with Crippen molar-refractivity contribution in [2.24, 2.45) is 5.73 Å². The van der Waals surface area contributed by atoms with Crippen LogP contribution in [0.2, 0.25) is 0 Å². The third-order valence-electron chi connectivity index (χ3n) is 3.14. The number of nitrogens with one attached hydrogen (secondary N) is 1. The molecule has 0 bridgehead atoms. The highest BCUT2D eigenvalue weighted by Gasteiger charge is 2.17. The van der Waals surface area contributed by atoms with Gasteiger partial charge in [0.25, 0.3) is 0 Å². The number of aromatic nitrogens is 3. The first-order valence-corrected chi connectivity index (χ1v) is 6.03. The van der Waals surface area contributed by atoms with Gasteiger partial charge in [-0.15, -0.1) is 0 Å². The van der Waals surface area contributed by atoms with Crippen LogP contribution in [0.15, 0.2) is 36.8 Å². The average molecular weight is 282 g/mol. The van der Waals surface area contributed by atoms with Crippen molar-refractivity contribution in [2.75, 3.05) is 0 Å². The van der Waals surface area contributed by atoms with E-state index in [2.05, 4.69) is 15.0 Å². The Morgan fingerprint density at radius 1 is 1.14 bits per heavy atom. The number of carbonyl (C=O) groups is 2. The number of benzene rings is 1. The Balaban J connectivity index is 2.22. The second-order valence-electron chi connectivity index (χ2n) is 4.39. The van der Waals surface area contributed by atoms with Crippen LogP contribution in [-0.2, 0) is 0 Å². The number of nitrogens with zero attached hydrogens (tertiary/aromatic N) is 2. The van der Waals surface area contributed by atoms with Gasteiger partial charge in [-0.1, -0.05) is 12.1 Å². The van der Waals surface area contributed by atoms with E-state index in [0.717, 1.165) is 0 Å². The molecule has 0 saturated carbocycles. The first-order valence-electron chi connectivity index (χ1n) is 6.03. The van der Waals surface area contributed by atoms with Crippen LogP contribution in [0.5, 0.6) is 0 Å². The van der Waals surface area contributed by atoms with Crippen molar-refractivity contribution in [2.45, 2.75) is 0 Å². The molecule has 2 heterocycles. The van der Waals surface area contributed by atoms with Crippen LogP contribution in [0.3, 0.4) is 0 Å². The fraction of sp³-hybridized carbons (Fsp3) is 0. The van der Waals surface area contributed by atoms with Crippen LogP contribution in [0.4, 0.5) is 0 Å². The molecule has 0 aliphatic rings. The number of amides is 1. The molecule has 0 spiro atoms. The number of carboxylic acids is 1. The summed E-state index contributed by atoms with van der Waals surface area (Å²) in [4.78, 5) is 33.3. The summed E-state index contributed by atoms with van der Waals surface area (Å²) in [7, 11) is 0. The van der Waals surface area contributed by atoms with Gasteiger partial charge in [0.2, 0.25) is 5.91 Å². The minimum Gasteiger partial charge on any atom is -0.478 e. The number of carbonyl (C=O) groups excluding carboxylic acids is 1. The van der Waals surface area contributed by atoms with Gasteiger partial charge in [-0.3, -0.25) is 4.79 Å². The molecule has 1 amide bonds. The number of hydrogen-bond acceptors (Lipinski definition) is 4. The largest absolute Gasteiger partial charge is 0.478 e. The molecule has 0 radical (unpaired) electrons. The van der Waals surface area contributed by atoms with Gasteiger partial charge in [-0.2, -0.15) is 0 Å². The highest BCUT2D eigenvalue weighted by Crippen LogP contribution is 2.28. The predicted molar refractivity (Wildman–Crippen MR) is 74.8 cm³/mol. The number of fused-ring (bicyclic) bond motifs is 1. The molecule has 0 unspecified atom stereocenters. The molecule has 104 valence electrons. The number of hydrogen-bond donors (Lipinski definition) is 3. The molecule has 0 fully saturated rings.